The number of hydrogen-bond donors (Lipinski definition) is 0. The Balaban J connectivity index is 1.47. The number of hydrogen-bond acceptors (Lipinski definition) is 7. The van der Waals surface area contributed by atoms with Crippen molar-refractivity contribution in [2.75, 3.05) is 13.7 Å². The highest BCUT2D eigenvalue weighted by atomic mass is 28.3. The molecule has 210 valence electrons. The number of rotatable bonds is 13. The quantitative estimate of drug-likeness (QED) is 0.130. The standard InChI is InChI=1S/C31H39N5O3Si/c1-23(2)28-16-17-32-29(30(28)39-21-25-8-7-9-27(20-25)37-3)15-12-24-10-13-26(14-11-24)31-33-34-35-36(31)22-38-18-19-40(4,5)6/h7-17,20,23H,18-19,21-22H2,1-6H3. The average molecular weight is 558 g/mol. The Labute approximate surface area is 238 Å². The molecule has 0 amide bonds. The van der Waals surface area contributed by atoms with Crippen molar-refractivity contribution in [1.82, 2.24) is 25.2 Å². The molecule has 0 bridgehead atoms. The minimum absolute atomic E-state index is 0.292. The van der Waals surface area contributed by atoms with Crippen molar-refractivity contribution in [2.24, 2.45) is 0 Å². The van der Waals surface area contributed by atoms with Gasteiger partial charge in [-0.3, -0.25) is 4.98 Å². The Kier molecular flexibility index (Phi) is 9.84. The second kappa shape index (κ2) is 13.5. The van der Waals surface area contributed by atoms with Gasteiger partial charge in [-0.2, -0.15) is 4.68 Å². The SMILES string of the molecule is COc1cccc(COc2c(C(C)C)ccnc2C=Cc2ccc(-c3nnnn3COCC[Si](C)(C)C)cc2)c1. The fraction of sp³-hybridized carbons (Fsp3) is 0.355. The highest BCUT2D eigenvalue weighted by Gasteiger charge is 2.15. The summed E-state index contributed by atoms with van der Waals surface area (Å²) in [7, 11) is 0.525. The molecular weight excluding hydrogens is 518 g/mol. The molecule has 0 unspecified atom stereocenters. The molecule has 4 rings (SSSR count). The molecule has 0 N–H and O–H groups in total. The van der Waals surface area contributed by atoms with Gasteiger partial charge in [-0.25, -0.2) is 0 Å². The maximum atomic E-state index is 6.34. The van der Waals surface area contributed by atoms with Crippen LogP contribution in [0.25, 0.3) is 23.5 Å². The van der Waals surface area contributed by atoms with Gasteiger partial charge in [0.2, 0.25) is 0 Å². The van der Waals surface area contributed by atoms with Gasteiger partial charge in [-0.15, -0.1) is 5.10 Å². The molecular formula is C31H39N5O3Si. The van der Waals surface area contributed by atoms with Crippen molar-refractivity contribution in [1.29, 1.82) is 0 Å². The van der Waals surface area contributed by atoms with E-state index in [0.29, 0.717) is 25.1 Å². The van der Waals surface area contributed by atoms with E-state index in [4.69, 9.17) is 14.2 Å². The minimum Gasteiger partial charge on any atom is -0.497 e. The van der Waals surface area contributed by atoms with Crippen LogP contribution in [0.15, 0.2) is 60.8 Å². The number of benzene rings is 2. The number of pyridine rings is 1. The lowest BCUT2D eigenvalue weighted by Gasteiger charge is -2.16. The van der Waals surface area contributed by atoms with E-state index in [9.17, 15) is 0 Å². The molecule has 0 saturated carbocycles. The second-order valence-electron chi connectivity index (χ2n) is 11.2. The lowest BCUT2D eigenvalue weighted by Crippen LogP contribution is -2.22. The van der Waals surface area contributed by atoms with Crippen LogP contribution in [-0.4, -0.2) is 47.0 Å². The van der Waals surface area contributed by atoms with Gasteiger partial charge < -0.3 is 14.2 Å². The Morgan fingerprint density at radius 1 is 1.00 bits per heavy atom. The molecule has 2 aromatic carbocycles. The summed E-state index contributed by atoms with van der Waals surface area (Å²) >= 11 is 0. The maximum Gasteiger partial charge on any atom is 0.184 e. The van der Waals surface area contributed by atoms with E-state index in [1.54, 1.807) is 11.8 Å². The molecule has 4 aromatic rings. The van der Waals surface area contributed by atoms with E-state index >= 15 is 0 Å². The average Bonchev–Trinajstić information content (AvgIpc) is 3.41. The summed E-state index contributed by atoms with van der Waals surface area (Å²) < 4.78 is 19.2. The second-order valence-corrected chi connectivity index (χ2v) is 16.8. The summed E-state index contributed by atoms with van der Waals surface area (Å²) in [4.78, 5) is 4.63. The summed E-state index contributed by atoms with van der Waals surface area (Å²) in [6.45, 7) is 12.8. The molecule has 2 heterocycles. The zero-order chi connectivity index (χ0) is 28.5. The molecule has 0 fully saturated rings. The van der Waals surface area contributed by atoms with E-state index in [-0.39, 0.29) is 0 Å². The van der Waals surface area contributed by atoms with Gasteiger partial charge in [0.25, 0.3) is 0 Å². The van der Waals surface area contributed by atoms with Crippen molar-refractivity contribution in [3.63, 3.8) is 0 Å². The molecule has 0 saturated heterocycles. The lowest BCUT2D eigenvalue weighted by molar-refractivity contribution is 0.0784. The van der Waals surface area contributed by atoms with Crippen LogP contribution in [0.5, 0.6) is 11.5 Å². The molecule has 0 aliphatic carbocycles. The van der Waals surface area contributed by atoms with Crippen molar-refractivity contribution in [3.05, 3.63) is 83.2 Å². The van der Waals surface area contributed by atoms with E-state index in [1.807, 2.05) is 72.9 Å². The van der Waals surface area contributed by atoms with Gasteiger partial charge in [0, 0.05) is 32.0 Å². The Morgan fingerprint density at radius 3 is 2.52 bits per heavy atom. The van der Waals surface area contributed by atoms with Crippen LogP contribution >= 0.6 is 0 Å². The van der Waals surface area contributed by atoms with Crippen LogP contribution in [0.3, 0.4) is 0 Å². The fourth-order valence-electron chi connectivity index (χ4n) is 4.07. The highest BCUT2D eigenvalue weighted by Crippen LogP contribution is 2.31. The summed E-state index contributed by atoms with van der Waals surface area (Å²) in [5.74, 6) is 2.58. The summed E-state index contributed by atoms with van der Waals surface area (Å²) in [5, 5.41) is 12.2. The van der Waals surface area contributed by atoms with Crippen molar-refractivity contribution < 1.29 is 14.2 Å². The van der Waals surface area contributed by atoms with E-state index in [0.717, 1.165) is 52.1 Å². The highest BCUT2D eigenvalue weighted by molar-refractivity contribution is 6.76. The molecule has 0 atom stereocenters. The third kappa shape index (κ3) is 8.09. The van der Waals surface area contributed by atoms with E-state index < -0.39 is 8.07 Å². The van der Waals surface area contributed by atoms with Crippen LogP contribution in [0.1, 0.15) is 42.1 Å². The molecule has 0 spiro atoms. The fourth-order valence-corrected chi connectivity index (χ4v) is 4.83. The van der Waals surface area contributed by atoms with Crippen LogP contribution in [0.4, 0.5) is 0 Å². The van der Waals surface area contributed by atoms with Crippen molar-refractivity contribution in [3.8, 4) is 22.9 Å². The smallest absolute Gasteiger partial charge is 0.184 e. The van der Waals surface area contributed by atoms with Gasteiger partial charge >= 0.3 is 0 Å². The number of ether oxygens (including phenoxy) is 3. The Hall–Kier alpha value is -3.82. The predicted molar refractivity (Wildman–Crippen MR) is 162 cm³/mol. The number of nitrogens with zero attached hydrogens (tertiary/aromatic N) is 5. The first kappa shape index (κ1) is 29.2. The van der Waals surface area contributed by atoms with Crippen molar-refractivity contribution in [2.45, 2.75) is 58.8 Å². The molecule has 8 nitrogen and oxygen atoms in total. The van der Waals surface area contributed by atoms with Gasteiger partial charge in [0.05, 0.1) is 7.11 Å². The van der Waals surface area contributed by atoms with Crippen LogP contribution in [0, 0.1) is 0 Å². The van der Waals surface area contributed by atoms with Crippen LogP contribution in [0.2, 0.25) is 25.7 Å². The molecule has 2 aromatic heterocycles. The molecule has 0 aliphatic rings. The van der Waals surface area contributed by atoms with Gasteiger partial charge in [-0.1, -0.05) is 76.0 Å². The molecule has 9 heteroatoms. The summed E-state index contributed by atoms with van der Waals surface area (Å²) in [6, 6.07) is 19.2. The van der Waals surface area contributed by atoms with Gasteiger partial charge in [0.1, 0.15) is 30.5 Å². The lowest BCUT2D eigenvalue weighted by atomic mass is 10.0. The summed E-state index contributed by atoms with van der Waals surface area (Å²) in [5.41, 5.74) is 4.90. The Morgan fingerprint density at radius 2 is 1.80 bits per heavy atom. The van der Waals surface area contributed by atoms with Gasteiger partial charge in [-0.05, 0) is 57.8 Å². The third-order valence-electron chi connectivity index (χ3n) is 6.45. The van der Waals surface area contributed by atoms with E-state index in [2.05, 4.69) is 54.0 Å². The Bertz CT molecular complexity index is 1410. The minimum atomic E-state index is -1.14. The zero-order valence-electron chi connectivity index (χ0n) is 24.3. The number of methoxy groups -OCH3 is 1. The predicted octanol–water partition coefficient (Wildman–Crippen LogP) is 6.93. The van der Waals surface area contributed by atoms with E-state index in [1.165, 1.54) is 0 Å². The molecule has 40 heavy (non-hydrogen) atoms. The zero-order valence-corrected chi connectivity index (χ0v) is 25.3. The topological polar surface area (TPSA) is 84.2 Å². The summed E-state index contributed by atoms with van der Waals surface area (Å²) in [6.07, 6.45) is 5.87. The first-order valence-electron chi connectivity index (χ1n) is 13.6. The van der Waals surface area contributed by atoms with Crippen LogP contribution < -0.4 is 9.47 Å². The first-order valence-corrected chi connectivity index (χ1v) is 17.3. The van der Waals surface area contributed by atoms with Gasteiger partial charge in [0.15, 0.2) is 5.82 Å². The number of tetrazole rings is 1. The number of aromatic nitrogens is 5. The maximum absolute atomic E-state index is 6.34. The molecule has 0 aliphatic heterocycles. The third-order valence-corrected chi connectivity index (χ3v) is 8.15. The molecule has 0 radical (unpaired) electrons. The van der Waals surface area contributed by atoms with Crippen LogP contribution in [-0.2, 0) is 18.1 Å². The normalized spacial score (nSPS) is 11.9. The largest absolute Gasteiger partial charge is 0.497 e. The first-order chi connectivity index (χ1) is 19.2. The monoisotopic (exact) mass is 557 g/mol. The van der Waals surface area contributed by atoms with Crippen molar-refractivity contribution >= 4 is 20.2 Å².